The zero-order valence-corrected chi connectivity index (χ0v) is 16.0. The lowest BCUT2D eigenvalue weighted by molar-refractivity contribution is -0.138. The molecule has 2 aromatic carbocycles. The highest BCUT2D eigenvalue weighted by Gasteiger charge is 2.33. The van der Waals surface area contributed by atoms with E-state index in [4.69, 9.17) is 11.6 Å². The molecule has 1 heterocycles. The molecule has 7 heteroatoms. The summed E-state index contributed by atoms with van der Waals surface area (Å²) in [6.07, 6.45) is 0.530. The molecule has 5 nitrogen and oxygen atoms in total. The zero-order chi connectivity index (χ0) is 18.0. The summed E-state index contributed by atoms with van der Waals surface area (Å²) in [4.78, 5) is 23.9. The molecule has 0 fully saturated rings. The summed E-state index contributed by atoms with van der Waals surface area (Å²) < 4.78 is 0.890. The molecule has 3 rings (SSSR count). The summed E-state index contributed by atoms with van der Waals surface area (Å²) in [5.41, 5.74) is 2.44. The molecule has 3 N–H and O–H groups in total. The third kappa shape index (κ3) is 4.24. The highest BCUT2D eigenvalue weighted by molar-refractivity contribution is 14.1. The molecule has 2 aromatic rings. The van der Waals surface area contributed by atoms with Gasteiger partial charge in [-0.25, -0.2) is 4.79 Å². The van der Waals surface area contributed by atoms with Crippen molar-refractivity contribution in [3.63, 3.8) is 0 Å². The minimum Gasteiger partial charge on any atom is -0.480 e. The van der Waals surface area contributed by atoms with Crippen LogP contribution in [0.15, 0.2) is 42.5 Å². The van der Waals surface area contributed by atoms with Gasteiger partial charge in [-0.15, -0.1) is 0 Å². The van der Waals surface area contributed by atoms with Crippen LogP contribution in [-0.2, 0) is 16.0 Å². The van der Waals surface area contributed by atoms with Gasteiger partial charge in [0.2, 0.25) is 5.91 Å². The number of benzene rings is 2. The van der Waals surface area contributed by atoms with Crippen molar-refractivity contribution in [3.8, 4) is 0 Å². The summed E-state index contributed by atoms with van der Waals surface area (Å²) in [5.74, 6) is -1.10. The van der Waals surface area contributed by atoms with Crippen LogP contribution in [0.5, 0.6) is 0 Å². The quantitative estimate of drug-likeness (QED) is 0.597. The van der Waals surface area contributed by atoms with E-state index in [1.54, 1.807) is 12.1 Å². The first-order chi connectivity index (χ1) is 11.9. The SMILES string of the molecule is O=C(Cc1ccccc1)N[C@H]1C[C@H](C(=O)O)Nc2cc(Cl)cc(I)c21. The van der Waals surface area contributed by atoms with Crippen molar-refractivity contribution in [1.29, 1.82) is 0 Å². The van der Waals surface area contributed by atoms with Crippen molar-refractivity contribution in [2.45, 2.75) is 24.9 Å². The van der Waals surface area contributed by atoms with Gasteiger partial charge in [-0.05, 0) is 40.3 Å². The monoisotopic (exact) mass is 470 g/mol. The average Bonchev–Trinajstić information content (AvgIpc) is 2.54. The largest absolute Gasteiger partial charge is 0.480 e. The van der Waals surface area contributed by atoms with Crippen LogP contribution in [0.3, 0.4) is 0 Å². The second kappa shape index (κ2) is 7.61. The number of carboxylic acid groups (broad SMARTS) is 1. The standard InChI is InChI=1S/C18H16ClIN2O3/c19-11-7-12(20)17-13(8-11)21-15(18(24)25)9-14(17)22-16(23)6-10-4-2-1-3-5-10/h1-5,7-8,14-15,21H,6,9H2,(H,22,23)(H,24,25)/t14-,15+/m0/s1. The molecule has 0 spiro atoms. The molecule has 1 amide bonds. The summed E-state index contributed by atoms with van der Waals surface area (Å²) in [6, 6.07) is 11.8. The molecular weight excluding hydrogens is 455 g/mol. The van der Waals surface area contributed by atoms with E-state index < -0.39 is 12.0 Å². The summed E-state index contributed by atoms with van der Waals surface area (Å²) >= 11 is 8.25. The molecule has 0 radical (unpaired) electrons. The van der Waals surface area contributed by atoms with Crippen LogP contribution in [0.4, 0.5) is 5.69 Å². The fourth-order valence-corrected chi connectivity index (χ4v) is 4.38. The van der Waals surface area contributed by atoms with Gasteiger partial charge in [0.05, 0.1) is 12.5 Å². The maximum Gasteiger partial charge on any atom is 0.326 e. The number of anilines is 1. The molecule has 25 heavy (non-hydrogen) atoms. The van der Waals surface area contributed by atoms with Crippen molar-refractivity contribution < 1.29 is 14.7 Å². The first kappa shape index (κ1) is 18.0. The number of fused-ring (bicyclic) bond motifs is 1. The smallest absolute Gasteiger partial charge is 0.326 e. The van der Waals surface area contributed by atoms with Gasteiger partial charge in [0, 0.05) is 26.3 Å². The maximum absolute atomic E-state index is 12.4. The van der Waals surface area contributed by atoms with E-state index in [1.165, 1.54) is 0 Å². The average molecular weight is 471 g/mol. The Hall–Kier alpha value is -1.80. The number of nitrogens with one attached hydrogen (secondary N) is 2. The van der Waals surface area contributed by atoms with E-state index in [0.717, 1.165) is 14.7 Å². The first-order valence-electron chi connectivity index (χ1n) is 7.75. The molecule has 1 aliphatic rings. The molecule has 0 aromatic heterocycles. The second-order valence-corrected chi connectivity index (χ2v) is 7.50. The van der Waals surface area contributed by atoms with Gasteiger partial charge in [0.25, 0.3) is 0 Å². The number of carboxylic acids is 1. The Labute approximate surface area is 163 Å². The van der Waals surface area contributed by atoms with Gasteiger partial charge in [-0.2, -0.15) is 0 Å². The van der Waals surface area contributed by atoms with Crippen molar-refractivity contribution in [1.82, 2.24) is 5.32 Å². The molecule has 0 aliphatic carbocycles. The predicted molar refractivity (Wildman–Crippen MR) is 105 cm³/mol. The summed E-state index contributed by atoms with van der Waals surface area (Å²) in [6.45, 7) is 0. The number of carbonyl (C=O) groups excluding carboxylic acids is 1. The summed E-state index contributed by atoms with van der Waals surface area (Å²) in [5, 5.41) is 15.9. The van der Waals surface area contributed by atoms with Crippen LogP contribution in [0, 0.1) is 3.57 Å². The normalized spacial score (nSPS) is 18.8. The van der Waals surface area contributed by atoms with E-state index in [-0.39, 0.29) is 24.8 Å². The van der Waals surface area contributed by atoms with Crippen LogP contribution >= 0.6 is 34.2 Å². The second-order valence-electron chi connectivity index (χ2n) is 5.90. The Morgan fingerprint density at radius 1 is 1.28 bits per heavy atom. The topological polar surface area (TPSA) is 78.4 Å². The van der Waals surface area contributed by atoms with Crippen LogP contribution in [0.1, 0.15) is 23.6 Å². The Balaban J connectivity index is 1.85. The first-order valence-corrected chi connectivity index (χ1v) is 9.21. The van der Waals surface area contributed by atoms with Crippen LogP contribution in [0.2, 0.25) is 5.02 Å². The molecule has 0 saturated heterocycles. The van der Waals surface area contributed by atoms with Gasteiger partial charge in [0.1, 0.15) is 6.04 Å². The molecule has 0 unspecified atom stereocenters. The van der Waals surface area contributed by atoms with E-state index in [1.807, 2.05) is 30.3 Å². The van der Waals surface area contributed by atoms with E-state index >= 15 is 0 Å². The van der Waals surface area contributed by atoms with Crippen LogP contribution in [0.25, 0.3) is 0 Å². The highest BCUT2D eigenvalue weighted by atomic mass is 127. The number of rotatable bonds is 4. The molecule has 130 valence electrons. The number of hydrogen-bond acceptors (Lipinski definition) is 3. The minimum absolute atomic E-state index is 0.140. The molecule has 2 atom stereocenters. The third-order valence-electron chi connectivity index (χ3n) is 4.08. The van der Waals surface area contributed by atoms with Crippen molar-refractivity contribution >= 4 is 51.8 Å². The van der Waals surface area contributed by atoms with Gasteiger partial charge >= 0.3 is 5.97 Å². The van der Waals surface area contributed by atoms with Gasteiger partial charge in [-0.1, -0.05) is 41.9 Å². The molecule has 0 bridgehead atoms. The Kier molecular flexibility index (Phi) is 5.48. The minimum atomic E-state index is -0.956. The lowest BCUT2D eigenvalue weighted by Gasteiger charge is -2.32. The van der Waals surface area contributed by atoms with Crippen LogP contribution < -0.4 is 10.6 Å². The summed E-state index contributed by atoms with van der Waals surface area (Å²) in [7, 11) is 0. The Bertz CT molecular complexity index is 813. The fraction of sp³-hybridized carbons (Fsp3) is 0.222. The number of carbonyl (C=O) groups is 2. The Morgan fingerprint density at radius 2 is 2.00 bits per heavy atom. The number of aliphatic carboxylic acids is 1. The van der Waals surface area contributed by atoms with Crippen molar-refractivity contribution in [2.24, 2.45) is 0 Å². The molecule has 0 saturated carbocycles. The van der Waals surface area contributed by atoms with Gasteiger partial charge in [-0.3, -0.25) is 4.79 Å². The van der Waals surface area contributed by atoms with Crippen molar-refractivity contribution in [2.75, 3.05) is 5.32 Å². The highest BCUT2D eigenvalue weighted by Crippen LogP contribution is 2.38. The van der Waals surface area contributed by atoms with Gasteiger partial charge in [0.15, 0.2) is 0 Å². The lowest BCUT2D eigenvalue weighted by Crippen LogP contribution is -2.41. The van der Waals surface area contributed by atoms with E-state index in [9.17, 15) is 14.7 Å². The van der Waals surface area contributed by atoms with E-state index in [0.29, 0.717) is 10.7 Å². The van der Waals surface area contributed by atoms with Crippen LogP contribution in [-0.4, -0.2) is 23.0 Å². The molecule has 1 aliphatic heterocycles. The maximum atomic E-state index is 12.4. The molecular formula is C18H16ClIN2O3. The third-order valence-corrected chi connectivity index (χ3v) is 5.20. The number of halogens is 2. The predicted octanol–water partition coefficient (Wildman–Crippen LogP) is 3.61. The fourth-order valence-electron chi connectivity index (χ4n) is 2.98. The van der Waals surface area contributed by atoms with Gasteiger partial charge < -0.3 is 15.7 Å². The number of amides is 1. The Morgan fingerprint density at radius 3 is 2.68 bits per heavy atom. The number of hydrogen-bond donors (Lipinski definition) is 3. The lowest BCUT2D eigenvalue weighted by atomic mass is 9.92. The van der Waals surface area contributed by atoms with Crippen molar-refractivity contribution in [3.05, 3.63) is 62.2 Å². The zero-order valence-electron chi connectivity index (χ0n) is 13.1. The van der Waals surface area contributed by atoms with E-state index in [2.05, 4.69) is 33.2 Å².